The van der Waals surface area contributed by atoms with Crippen molar-refractivity contribution in [2.75, 3.05) is 67.5 Å². The zero-order valence-electron chi connectivity index (χ0n) is 42.3. The predicted octanol–water partition coefficient (Wildman–Crippen LogP) is 6.33. The zero-order chi connectivity index (χ0) is 49.5. The van der Waals surface area contributed by atoms with Gasteiger partial charge >= 0.3 is 0 Å². The van der Waals surface area contributed by atoms with Crippen LogP contribution in [0.4, 0.5) is 17.5 Å². The third kappa shape index (κ3) is 8.40. The Hall–Kier alpha value is -5.97. The average Bonchev–Trinajstić information content (AvgIpc) is 4.05. The number of hydrogen-bond acceptors (Lipinski definition) is 12. The molecule has 12 rings (SSSR count). The van der Waals surface area contributed by atoms with Crippen molar-refractivity contribution in [1.82, 2.24) is 44.5 Å². The maximum absolute atomic E-state index is 15.3. The molecule has 5 amide bonds. The van der Waals surface area contributed by atoms with Crippen LogP contribution in [0.5, 0.6) is 0 Å². The Labute approximate surface area is 421 Å². The topological polar surface area (TPSA) is 182 Å². The first-order valence-corrected chi connectivity index (χ1v) is 27.2. The first-order valence-electron chi connectivity index (χ1n) is 27.2. The highest BCUT2D eigenvalue weighted by Crippen LogP contribution is 2.53. The van der Waals surface area contributed by atoms with Gasteiger partial charge in [-0.1, -0.05) is 25.5 Å². The lowest BCUT2D eigenvalue weighted by Crippen LogP contribution is -2.59. The van der Waals surface area contributed by atoms with E-state index in [-0.39, 0.29) is 47.5 Å². The third-order valence-corrected chi connectivity index (χ3v) is 18.1. The summed E-state index contributed by atoms with van der Waals surface area (Å²) in [6, 6.07) is 9.99. The van der Waals surface area contributed by atoms with Crippen LogP contribution in [-0.4, -0.2) is 139 Å². The quantitative estimate of drug-likeness (QED) is 0.169. The monoisotopic (exact) mass is 979 g/mol. The van der Waals surface area contributed by atoms with E-state index < -0.39 is 16.7 Å². The molecule has 4 aromatic rings. The van der Waals surface area contributed by atoms with E-state index in [1.807, 2.05) is 16.1 Å². The van der Waals surface area contributed by atoms with Crippen LogP contribution in [-0.2, 0) is 29.4 Å². The number of nitrogens with one attached hydrogen (secondary N) is 2. The number of likely N-dealkylation sites (tertiary alicyclic amines) is 3. The number of anilines is 3. The first-order chi connectivity index (χ1) is 34.9. The van der Waals surface area contributed by atoms with Crippen molar-refractivity contribution in [3.05, 3.63) is 54.1 Å². The number of rotatable bonds is 10. The van der Waals surface area contributed by atoms with Gasteiger partial charge in [-0.3, -0.25) is 29.3 Å². The maximum Gasteiger partial charge on any atom is 0.238 e. The lowest BCUT2D eigenvalue weighted by atomic mass is 9.72. The molecule has 3 aromatic heterocycles. The van der Waals surface area contributed by atoms with Crippen molar-refractivity contribution in [2.24, 2.45) is 11.3 Å². The highest BCUT2D eigenvalue weighted by Gasteiger charge is 2.56. The molecule has 1 spiro atoms. The number of imide groups is 1. The van der Waals surface area contributed by atoms with Crippen LogP contribution in [0.25, 0.3) is 22.3 Å². The number of hydrogen-bond donors (Lipinski definition) is 2. The summed E-state index contributed by atoms with van der Waals surface area (Å²) in [7, 11) is 0. The van der Waals surface area contributed by atoms with E-state index in [4.69, 9.17) is 9.97 Å². The van der Waals surface area contributed by atoms with E-state index >= 15 is 4.79 Å². The molecule has 1 atom stereocenters. The minimum atomic E-state index is -0.690. The van der Waals surface area contributed by atoms with Crippen molar-refractivity contribution < 1.29 is 24.0 Å². The van der Waals surface area contributed by atoms with Crippen molar-refractivity contribution in [3.8, 4) is 11.3 Å². The minimum absolute atomic E-state index is 0.100. The Kier molecular flexibility index (Phi) is 12.1. The van der Waals surface area contributed by atoms with Crippen LogP contribution >= 0.6 is 0 Å². The number of pyridine rings is 1. The molecule has 0 bridgehead atoms. The number of amides is 5. The summed E-state index contributed by atoms with van der Waals surface area (Å²) in [6.45, 7) is 12.2. The Morgan fingerprint density at radius 1 is 0.792 bits per heavy atom. The van der Waals surface area contributed by atoms with Gasteiger partial charge in [0, 0.05) is 110 Å². The van der Waals surface area contributed by atoms with Crippen LogP contribution in [0.15, 0.2) is 43.0 Å². The molecule has 9 heterocycles. The number of piperidine rings is 5. The summed E-state index contributed by atoms with van der Waals surface area (Å²) in [5.74, 6) is 0.852. The molecule has 0 unspecified atom stereocenters. The van der Waals surface area contributed by atoms with Crippen molar-refractivity contribution in [1.29, 1.82) is 0 Å². The molecule has 7 fully saturated rings. The van der Waals surface area contributed by atoms with Gasteiger partial charge < -0.3 is 34.4 Å². The van der Waals surface area contributed by atoms with Crippen LogP contribution in [0.1, 0.15) is 140 Å². The molecule has 380 valence electrons. The summed E-state index contributed by atoms with van der Waals surface area (Å²) in [6.07, 6.45) is 17.8. The van der Waals surface area contributed by atoms with E-state index in [9.17, 15) is 19.2 Å². The van der Waals surface area contributed by atoms with E-state index in [1.165, 1.54) is 19.3 Å². The molecule has 0 radical (unpaired) electrons. The van der Waals surface area contributed by atoms with Gasteiger partial charge in [-0.15, -0.1) is 0 Å². The number of imidazole rings is 1. The van der Waals surface area contributed by atoms with Crippen molar-refractivity contribution in [3.63, 3.8) is 0 Å². The second-order valence-corrected chi connectivity index (χ2v) is 23.0. The van der Waals surface area contributed by atoms with Crippen LogP contribution in [0, 0.1) is 11.3 Å². The fourth-order valence-electron chi connectivity index (χ4n) is 13.2. The van der Waals surface area contributed by atoms with Gasteiger partial charge in [0.1, 0.15) is 5.52 Å². The molecule has 1 aromatic carbocycles. The normalized spacial score (nSPS) is 25.8. The Bertz CT molecular complexity index is 2770. The molecule has 2 saturated carbocycles. The predicted molar refractivity (Wildman–Crippen MR) is 273 cm³/mol. The molecule has 17 heteroatoms. The van der Waals surface area contributed by atoms with E-state index in [0.717, 1.165) is 78.1 Å². The van der Waals surface area contributed by atoms with Gasteiger partial charge in [0.15, 0.2) is 5.82 Å². The molecule has 72 heavy (non-hydrogen) atoms. The fourth-order valence-corrected chi connectivity index (χ4v) is 13.2. The van der Waals surface area contributed by atoms with Gasteiger partial charge in [0.2, 0.25) is 35.5 Å². The molecule has 2 aliphatic carbocycles. The Balaban J connectivity index is 0.705. The fraction of sp³-hybridized carbons (Fsp3) is 0.618. The highest BCUT2D eigenvalue weighted by molar-refractivity contribution is 6.09. The number of carbonyl (C=O) groups excluding carboxylic acids is 5. The molecular weight excluding hydrogens is 909 g/mol. The minimum Gasteiger partial charge on any atom is -0.366 e. The smallest absolute Gasteiger partial charge is 0.238 e. The van der Waals surface area contributed by atoms with Gasteiger partial charge in [-0.05, 0) is 128 Å². The molecule has 17 nitrogen and oxygen atoms in total. The Morgan fingerprint density at radius 2 is 1.50 bits per heavy atom. The van der Waals surface area contributed by atoms with E-state index in [0.29, 0.717) is 114 Å². The highest BCUT2D eigenvalue weighted by atomic mass is 16.2. The molecule has 2 N–H and O–H groups in total. The van der Waals surface area contributed by atoms with Crippen LogP contribution in [0.3, 0.4) is 0 Å². The number of fused-ring (bicyclic) bond motifs is 3. The van der Waals surface area contributed by atoms with E-state index in [1.54, 1.807) is 12.4 Å². The number of benzene rings is 1. The number of carbonyl (C=O) groups is 5. The average molecular weight is 979 g/mol. The number of nitrogens with zero attached hydrogens (tertiary/aromatic N) is 10. The van der Waals surface area contributed by atoms with Crippen LogP contribution < -0.4 is 20.4 Å². The molecule has 6 aliphatic heterocycles. The number of aromatic nitrogens is 5. The maximum atomic E-state index is 15.3. The summed E-state index contributed by atoms with van der Waals surface area (Å²) in [4.78, 5) is 97.9. The molecule has 8 aliphatic rings. The Morgan fingerprint density at radius 3 is 2.18 bits per heavy atom. The third-order valence-electron chi connectivity index (χ3n) is 18.1. The lowest BCUT2D eigenvalue weighted by Gasteiger charge is -2.48. The summed E-state index contributed by atoms with van der Waals surface area (Å²) in [5, 5.41) is 6.11. The summed E-state index contributed by atoms with van der Waals surface area (Å²) in [5.41, 5.74) is 5.30. The van der Waals surface area contributed by atoms with Gasteiger partial charge in [-0.2, -0.15) is 0 Å². The molecular formula is C55H70N12O5. The summed E-state index contributed by atoms with van der Waals surface area (Å²) < 4.78 is 2.20. The summed E-state index contributed by atoms with van der Waals surface area (Å²) >= 11 is 0. The van der Waals surface area contributed by atoms with Gasteiger partial charge in [-0.25, -0.2) is 19.9 Å². The van der Waals surface area contributed by atoms with Crippen LogP contribution in [0.2, 0.25) is 0 Å². The van der Waals surface area contributed by atoms with Gasteiger partial charge in [0.05, 0.1) is 28.9 Å². The second kappa shape index (κ2) is 18.5. The second-order valence-electron chi connectivity index (χ2n) is 23.0. The standard InChI is InChI=1S/C55H70N12O5/c1-34(2)66-33-58-44-30-43(60-48(47(44)66)59-38-8-9-38)36-7-11-42-45(27-36)67(40-28-39(29-40)62-19-5-4-6-20-62)52(72)55(42)17-25-64(26-18-55)51(71)54(3)15-23-63(24-16-54)50(70)35-13-21-65(22-14-35)53-56-31-37(32-57-53)41-10-12-46(68)61-49(41)69/h7,11,27,30-35,38-41H,4-6,8-10,12-26,28-29H2,1-3H3,(H,59,60)(H,61,68,69)/t39?,40?,41-/m1/s1. The first kappa shape index (κ1) is 47.1. The lowest BCUT2D eigenvalue weighted by molar-refractivity contribution is -0.150. The van der Waals surface area contributed by atoms with E-state index in [2.05, 4.69) is 84.9 Å². The largest absolute Gasteiger partial charge is 0.366 e. The molecule has 5 saturated heterocycles. The van der Waals surface area contributed by atoms with Gasteiger partial charge in [0.25, 0.3) is 0 Å². The zero-order valence-corrected chi connectivity index (χ0v) is 42.3. The van der Waals surface area contributed by atoms with Crippen molar-refractivity contribution in [2.45, 2.75) is 153 Å². The SMILES string of the molecule is CC(C)n1cnc2cc(-c3ccc4c(c3)N(C3CC(N5CCCCC5)C3)C(=O)C43CCN(C(=O)C4(C)CCN(C(=O)C5CCN(c6ncc([C@H]7CCC(=O)NC7=O)cn6)CC5)CC4)CC3)nc(NC3CC3)c21. The van der Waals surface area contributed by atoms with Crippen molar-refractivity contribution >= 4 is 58.0 Å².